The van der Waals surface area contributed by atoms with E-state index in [4.69, 9.17) is 9.47 Å². The van der Waals surface area contributed by atoms with E-state index in [1.807, 2.05) is 24.3 Å². The lowest BCUT2D eigenvalue weighted by Gasteiger charge is -2.38. The molecule has 0 saturated heterocycles. The molecule has 0 bridgehead atoms. The lowest BCUT2D eigenvalue weighted by atomic mass is 9.81. The SMILES string of the molecule is CC(C)[C@@](NC(=O)OCc1ccccc1)(C(=O)OCc1ccccc1)[C@H](O)CO. The summed E-state index contributed by atoms with van der Waals surface area (Å²) >= 11 is 0. The number of aliphatic hydroxyl groups is 2. The first kappa shape index (κ1) is 22.4. The van der Waals surface area contributed by atoms with Gasteiger partial charge in [0.15, 0.2) is 5.54 Å². The first-order chi connectivity index (χ1) is 13.9. The van der Waals surface area contributed by atoms with Crippen molar-refractivity contribution in [3.8, 4) is 0 Å². The van der Waals surface area contributed by atoms with E-state index in [0.29, 0.717) is 0 Å². The van der Waals surface area contributed by atoms with E-state index < -0.39 is 36.2 Å². The van der Waals surface area contributed by atoms with E-state index in [1.165, 1.54) is 0 Å². The first-order valence-corrected chi connectivity index (χ1v) is 9.39. The predicted octanol–water partition coefficient (Wildman–Crippen LogP) is 2.40. The van der Waals surface area contributed by atoms with Crippen molar-refractivity contribution >= 4 is 12.1 Å². The number of carbonyl (C=O) groups excluding carboxylic acids is 2. The second-order valence-electron chi connectivity index (χ2n) is 6.97. The van der Waals surface area contributed by atoms with E-state index in [1.54, 1.807) is 50.2 Å². The summed E-state index contributed by atoms with van der Waals surface area (Å²) < 4.78 is 10.6. The third kappa shape index (κ3) is 5.79. The largest absolute Gasteiger partial charge is 0.459 e. The standard InChI is InChI=1S/C22H27NO6/c1-16(2)22(19(25)13-24,20(26)28-14-17-9-5-3-6-10-17)23-21(27)29-15-18-11-7-4-8-12-18/h3-12,16,19,24-25H,13-15H2,1-2H3,(H,23,27)/t19-,22+/m1/s1. The Labute approximate surface area is 170 Å². The Hall–Kier alpha value is -2.90. The maximum Gasteiger partial charge on any atom is 0.408 e. The smallest absolute Gasteiger partial charge is 0.408 e. The van der Waals surface area contributed by atoms with Crippen LogP contribution < -0.4 is 5.32 Å². The summed E-state index contributed by atoms with van der Waals surface area (Å²) in [7, 11) is 0. The molecule has 0 aliphatic heterocycles. The van der Waals surface area contributed by atoms with Crippen LogP contribution in [-0.2, 0) is 27.5 Å². The summed E-state index contributed by atoms with van der Waals surface area (Å²) in [5.41, 5.74) is -0.340. The highest BCUT2D eigenvalue weighted by Crippen LogP contribution is 2.25. The molecule has 2 atom stereocenters. The zero-order chi connectivity index (χ0) is 21.3. The fourth-order valence-electron chi connectivity index (χ4n) is 2.95. The topological polar surface area (TPSA) is 105 Å². The molecule has 29 heavy (non-hydrogen) atoms. The molecule has 0 aromatic heterocycles. The van der Waals surface area contributed by atoms with E-state index in [0.717, 1.165) is 11.1 Å². The van der Waals surface area contributed by atoms with E-state index in [2.05, 4.69) is 5.32 Å². The number of amides is 1. The van der Waals surface area contributed by atoms with Gasteiger partial charge in [-0.25, -0.2) is 9.59 Å². The monoisotopic (exact) mass is 401 g/mol. The van der Waals surface area contributed by atoms with Crippen LogP contribution in [0, 0.1) is 5.92 Å². The van der Waals surface area contributed by atoms with Gasteiger partial charge in [0.1, 0.15) is 19.3 Å². The Morgan fingerprint density at radius 1 is 0.931 bits per heavy atom. The second-order valence-corrected chi connectivity index (χ2v) is 6.97. The third-order valence-electron chi connectivity index (χ3n) is 4.68. The van der Waals surface area contributed by atoms with Gasteiger partial charge in [-0.15, -0.1) is 0 Å². The molecule has 7 heteroatoms. The second kappa shape index (κ2) is 10.6. The Morgan fingerprint density at radius 2 is 1.41 bits per heavy atom. The number of aliphatic hydroxyl groups excluding tert-OH is 2. The van der Waals surface area contributed by atoms with Gasteiger partial charge < -0.3 is 25.0 Å². The molecular weight excluding hydrogens is 374 g/mol. The van der Waals surface area contributed by atoms with Gasteiger partial charge in [0.2, 0.25) is 0 Å². The molecule has 156 valence electrons. The molecule has 0 aliphatic carbocycles. The highest BCUT2D eigenvalue weighted by atomic mass is 16.6. The van der Waals surface area contributed by atoms with Crippen molar-refractivity contribution in [3.05, 3.63) is 71.8 Å². The molecule has 0 heterocycles. The number of nitrogens with one attached hydrogen (secondary N) is 1. The fourth-order valence-corrected chi connectivity index (χ4v) is 2.95. The average Bonchev–Trinajstić information content (AvgIpc) is 2.75. The van der Waals surface area contributed by atoms with Crippen LogP contribution in [0.3, 0.4) is 0 Å². The average molecular weight is 401 g/mol. The van der Waals surface area contributed by atoms with Crippen LogP contribution in [0.15, 0.2) is 60.7 Å². The molecule has 0 fully saturated rings. The molecule has 2 rings (SSSR count). The van der Waals surface area contributed by atoms with Crippen molar-refractivity contribution in [3.63, 3.8) is 0 Å². The Kier molecular flexibility index (Phi) is 8.18. The molecule has 2 aromatic rings. The molecule has 2 aromatic carbocycles. The van der Waals surface area contributed by atoms with Crippen LogP contribution in [0.25, 0.3) is 0 Å². The number of esters is 1. The van der Waals surface area contributed by atoms with E-state index >= 15 is 0 Å². The number of benzene rings is 2. The first-order valence-electron chi connectivity index (χ1n) is 9.39. The summed E-state index contributed by atoms with van der Waals surface area (Å²) in [4.78, 5) is 25.3. The number of hydrogen-bond donors (Lipinski definition) is 3. The van der Waals surface area contributed by atoms with Gasteiger partial charge in [-0.1, -0.05) is 74.5 Å². The number of rotatable bonds is 9. The van der Waals surface area contributed by atoms with Gasteiger partial charge in [0.05, 0.1) is 6.61 Å². The summed E-state index contributed by atoms with van der Waals surface area (Å²) in [5, 5.41) is 22.4. The van der Waals surface area contributed by atoms with E-state index in [9.17, 15) is 19.8 Å². The van der Waals surface area contributed by atoms with Gasteiger partial charge in [-0.3, -0.25) is 0 Å². The van der Waals surface area contributed by atoms with Gasteiger partial charge >= 0.3 is 12.1 Å². The maximum absolute atomic E-state index is 12.9. The summed E-state index contributed by atoms with van der Waals surface area (Å²) in [6, 6.07) is 18.1. The lowest BCUT2D eigenvalue weighted by Crippen LogP contribution is -2.66. The lowest BCUT2D eigenvalue weighted by molar-refractivity contribution is -0.163. The highest BCUT2D eigenvalue weighted by Gasteiger charge is 2.51. The zero-order valence-electron chi connectivity index (χ0n) is 16.6. The van der Waals surface area contributed by atoms with E-state index in [-0.39, 0.29) is 13.2 Å². The van der Waals surface area contributed by atoms with Crippen LogP contribution in [0.2, 0.25) is 0 Å². The number of ether oxygens (including phenoxy) is 2. The quantitative estimate of drug-likeness (QED) is 0.558. The number of alkyl carbamates (subject to hydrolysis) is 1. The number of carbonyl (C=O) groups is 2. The summed E-state index contributed by atoms with van der Waals surface area (Å²) in [6.07, 6.45) is -2.47. The van der Waals surface area contributed by atoms with Crippen molar-refractivity contribution in [1.82, 2.24) is 5.32 Å². The van der Waals surface area contributed by atoms with Crippen LogP contribution in [0.4, 0.5) is 4.79 Å². The predicted molar refractivity (Wildman–Crippen MR) is 107 cm³/mol. The molecule has 1 amide bonds. The molecule has 0 spiro atoms. The number of hydrogen-bond acceptors (Lipinski definition) is 6. The third-order valence-corrected chi connectivity index (χ3v) is 4.68. The summed E-state index contributed by atoms with van der Waals surface area (Å²) in [6.45, 7) is 2.50. The molecule has 3 N–H and O–H groups in total. The molecule has 7 nitrogen and oxygen atoms in total. The maximum atomic E-state index is 12.9. The molecule has 0 saturated carbocycles. The van der Waals surface area contributed by atoms with Crippen LogP contribution >= 0.6 is 0 Å². The van der Waals surface area contributed by atoms with Crippen molar-refractivity contribution in [2.45, 2.75) is 38.7 Å². The minimum Gasteiger partial charge on any atom is -0.459 e. The molecule has 0 unspecified atom stereocenters. The normalized spacial score (nSPS) is 14.0. The molecule has 0 radical (unpaired) electrons. The van der Waals surface area contributed by atoms with Gasteiger partial charge in [-0.05, 0) is 17.0 Å². The Morgan fingerprint density at radius 3 is 1.86 bits per heavy atom. The molecular formula is C22H27NO6. The van der Waals surface area contributed by atoms with Gasteiger partial charge in [0.25, 0.3) is 0 Å². The zero-order valence-corrected chi connectivity index (χ0v) is 16.6. The van der Waals surface area contributed by atoms with Crippen LogP contribution in [0.5, 0.6) is 0 Å². The Bertz CT molecular complexity index is 780. The Balaban J connectivity index is 2.13. The van der Waals surface area contributed by atoms with Crippen molar-refractivity contribution in [2.75, 3.05) is 6.61 Å². The van der Waals surface area contributed by atoms with Gasteiger partial charge in [-0.2, -0.15) is 0 Å². The van der Waals surface area contributed by atoms with Crippen LogP contribution in [-0.4, -0.2) is 40.5 Å². The van der Waals surface area contributed by atoms with Crippen LogP contribution in [0.1, 0.15) is 25.0 Å². The fraction of sp³-hybridized carbons (Fsp3) is 0.364. The van der Waals surface area contributed by atoms with Crippen molar-refractivity contribution < 1.29 is 29.3 Å². The van der Waals surface area contributed by atoms with Crippen molar-refractivity contribution in [1.29, 1.82) is 0 Å². The minimum atomic E-state index is -1.86. The molecule has 0 aliphatic rings. The minimum absolute atomic E-state index is 0.00483. The summed E-state index contributed by atoms with van der Waals surface area (Å²) in [5.74, 6) is -1.44. The van der Waals surface area contributed by atoms with Gasteiger partial charge in [0, 0.05) is 0 Å². The van der Waals surface area contributed by atoms with Crippen molar-refractivity contribution in [2.24, 2.45) is 5.92 Å². The highest BCUT2D eigenvalue weighted by molar-refractivity contribution is 5.87.